The van der Waals surface area contributed by atoms with E-state index < -0.39 is 17.7 Å². The Kier molecular flexibility index (Phi) is 4.47. The van der Waals surface area contributed by atoms with Crippen LogP contribution in [0.4, 0.5) is 13.2 Å². The molecule has 0 spiro atoms. The zero-order valence-corrected chi connectivity index (χ0v) is 11.2. The summed E-state index contributed by atoms with van der Waals surface area (Å²) in [5.41, 5.74) is 0.384. The molecular weight excluding hydrogens is 295 g/mol. The summed E-state index contributed by atoms with van der Waals surface area (Å²) in [5.74, 6) is -0.710. The summed E-state index contributed by atoms with van der Waals surface area (Å²) >= 11 is 0. The van der Waals surface area contributed by atoms with Crippen LogP contribution in [0.25, 0.3) is 0 Å². The highest BCUT2D eigenvalue weighted by Crippen LogP contribution is 2.29. The van der Waals surface area contributed by atoms with E-state index in [0.717, 1.165) is 24.3 Å². The maximum atomic E-state index is 12.4. The fourth-order valence-electron chi connectivity index (χ4n) is 1.70. The van der Waals surface area contributed by atoms with Crippen LogP contribution in [-0.2, 0) is 17.5 Å². The third-order valence-corrected chi connectivity index (χ3v) is 2.90. The highest BCUT2D eigenvalue weighted by atomic mass is 19.4. The number of benzene rings is 2. The van der Waals surface area contributed by atoms with Crippen molar-refractivity contribution in [3.8, 4) is 6.07 Å². The molecule has 0 fully saturated rings. The quantitative estimate of drug-likeness (QED) is 0.807. The van der Waals surface area contributed by atoms with Crippen molar-refractivity contribution < 1.29 is 22.7 Å². The molecule has 0 N–H and O–H groups in total. The predicted molar refractivity (Wildman–Crippen MR) is 71.7 cm³/mol. The Morgan fingerprint density at radius 3 is 2.14 bits per heavy atom. The summed E-state index contributed by atoms with van der Waals surface area (Å²) in [6, 6.07) is 12.2. The monoisotopic (exact) mass is 305 g/mol. The van der Waals surface area contributed by atoms with E-state index in [0.29, 0.717) is 11.1 Å². The van der Waals surface area contributed by atoms with Crippen LogP contribution in [-0.4, -0.2) is 5.97 Å². The third-order valence-electron chi connectivity index (χ3n) is 2.90. The lowest BCUT2D eigenvalue weighted by molar-refractivity contribution is -0.137. The van der Waals surface area contributed by atoms with Gasteiger partial charge in [0.25, 0.3) is 0 Å². The Balaban J connectivity index is 1.98. The molecule has 0 atom stereocenters. The molecule has 0 aromatic heterocycles. The largest absolute Gasteiger partial charge is 0.457 e. The van der Waals surface area contributed by atoms with E-state index in [-0.39, 0.29) is 12.2 Å². The molecule has 0 saturated heterocycles. The third kappa shape index (κ3) is 3.85. The van der Waals surface area contributed by atoms with E-state index in [2.05, 4.69) is 0 Å². The lowest BCUT2D eigenvalue weighted by Gasteiger charge is -2.08. The molecule has 0 heterocycles. The number of rotatable bonds is 3. The zero-order chi connectivity index (χ0) is 16.2. The molecule has 0 aliphatic rings. The van der Waals surface area contributed by atoms with Crippen molar-refractivity contribution in [1.29, 1.82) is 5.26 Å². The van der Waals surface area contributed by atoms with Crippen LogP contribution < -0.4 is 0 Å². The molecule has 0 radical (unpaired) electrons. The van der Waals surface area contributed by atoms with Crippen molar-refractivity contribution in [2.45, 2.75) is 12.8 Å². The maximum absolute atomic E-state index is 12.4. The fourth-order valence-corrected chi connectivity index (χ4v) is 1.70. The normalized spacial score (nSPS) is 10.8. The maximum Gasteiger partial charge on any atom is 0.416 e. The predicted octanol–water partition coefficient (Wildman–Crippen LogP) is 3.93. The van der Waals surface area contributed by atoms with Gasteiger partial charge in [0.05, 0.1) is 22.8 Å². The van der Waals surface area contributed by atoms with Gasteiger partial charge < -0.3 is 4.74 Å². The van der Waals surface area contributed by atoms with E-state index in [1.165, 1.54) is 0 Å². The Labute approximate surface area is 124 Å². The standard InChI is InChI=1S/C16H10F3NO2/c17-16(18,19)14-7-5-13(6-8-14)15(21)22-10-12-3-1-11(9-20)2-4-12/h1-8H,10H2. The first-order valence-corrected chi connectivity index (χ1v) is 6.23. The first-order valence-electron chi connectivity index (χ1n) is 6.23. The molecule has 6 heteroatoms. The van der Waals surface area contributed by atoms with Crippen molar-refractivity contribution in [1.82, 2.24) is 0 Å². The Morgan fingerprint density at radius 2 is 1.64 bits per heavy atom. The second-order valence-corrected chi connectivity index (χ2v) is 4.46. The molecule has 22 heavy (non-hydrogen) atoms. The second-order valence-electron chi connectivity index (χ2n) is 4.46. The summed E-state index contributed by atoms with van der Waals surface area (Å²) in [6.07, 6.45) is -4.44. The van der Waals surface area contributed by atoms with Crippen LogP contribution in [0.1, 0.15) is 27.0 Å². The van der Waals surface area contributed by atoms with Gasteiger partial charge in [0.15, 0.2) is 0 Å². The first-order chi connectivity index (χ1) is 10.4. The Bertz CT molecular complexity index is 698. The molecular formula is C16H10F3NO2. The highest BCUT2D eigenvalue weighted by molar-refractivity contribution is 5.89. The molecule has 2 rings (SSSR count). The van der Waals surface area contributed by atoms with Crippen molar-refractivity contribution in [2.24, 2.45) is 0 Å². The van der Waals surface area contributed by atoms with Crippen LogP contribution in [0.3, 0.4) is 0 Å². The van der Waals surface area contributed by atoms with E-state index >= 15 is 0 Å². The summed E-state index contributed by atoms with van der Waals surface area (Å²) in [4.78, 5) is 11.7. The highest BCUT2D eigenvalue weighted by Gasteiger charge is 2.30. The SMILES string of the molecule is N#Cc1ccc(COC(=O)c2ccc(C(F)(F)F)cc2)cc1. The number of halogens is 3. The lowest BCUT2D eigenvalue weighted by atomic mass is 10.1. The van der Waals surface area contributed by atoms with Gasteiger partial charge in [0, 0.05) is 0 Å². The number of alkyl halides is 3. The molecule has 0 aliphatic heterocycles. The molecule has 0 aliphatic carbocycles. The number of carbonyl (C=O) groups is 1. The van der Waals surface area contributed by atoms with Gasteiger partial charge in [-0.05, 0) is 42.0 Å². The molecule has 112 valence electrons. The van der Waals surface area contributed by atoms with Gasteiger partial charge in [-0.1, -0.05) is 12.1 Å². The number of nitriles is 1. The minimum Gasteiger partial charge on any atom is -0.457 e. The Morgan fingerprint density at radius 1 is 1.05 bits per heavy atom. The number of hydrogen-bond acceptors (Lipinski definition) is 3. The summed E-state index contributed by atoms with van der Waals surface area (Å²) < 4.78 is 42.2. The smallest absolute Gasteiger partial charge is 0.416 e. The molecule has 0 saturated carbocycles. The van der Waals surface area contributed by atoms with Crippen LogP contribution in [0.2, 0.25) is 0 Å². The first kappa shape index (κ1) is 15.6. The molecule has 0 bridgehead atoms. The second kappa shape index (κ2) is 6.31. The van der Waals surface area contributed by atoms with E-state index in [1.807, 2.05) is 6.07 Å². The Hall–Kier alpha value is -2.81. The van der Waals surface area contributed by atoms with Gasteiger partial charge in [0.1, 0.15) is 6.61 Å². The van der Waals surface area contributed by atoms with Gasteiger partial charge in [0.2, 0.25) is 0 Å². The van der Waals surface area contributed by atoms with Gasteiger partial charge in [-0.2, -0.15) is 18.4 Å². The van der Waals surface area contributed by atoms with Crippen molar-refractivity contribution in [3.05, 3.63) is 70.8 Å². The van der Waals surface area contributed by atoms with Gasteiger partial charge in [-0.25, -0.2) is 4.79 Å². The van der Waals surface area contributed by atoms with E-state index in [1.54, 1.807) is 24.3 Å². The average molecular weight is 305 g/mol. The van der Waals surface area contributed by atoms with Gasteiger partial charge >= 0.3 is 12.1 Å². The number of hydrogen-bond donors (Lipinski definition) is 0. The number of ether oxygens (including phenoxy) is 1. The molecule has 3 nitrogen and oxygen atoms in total. The minimum atomic E-state index is -4.44. The van der Waals surface area contributed by atoms with Gasteiger partial charge in [-0.3, -0.25) is 0 Å². The average Bonchev–Trinajstić information content (AvgIpc) is 2.52. The van der Waals surface area contributed by atoms with E-state index in [4.69, 9.17) is 10.00 Å². The molecule has 0 amide bonds. The van der Waals surface area contributed by atoms with Crippen molar-refractivity contribution in [3.63, 3.8) is 0 Å². The number of nitrogens with zero attached hydrogens (tertiary/aromatic N) is 1. The van der Waals surface area contributed by atoms with Crippen LogP contribution in [0, 0.1) is 11.3 Å². The van der Waals surface area contributed by atoms with Gasteiger partial charge in [-0.15, -0.1) is 0 Å². The van der Waals surface area contributed by atoms with Crippen LogP contribution in [0.15, 0.2) is 48.5 Å². The molecule has 2 aromatic rings. The van der Waals surface area contributed by atoms with Crippen molar-refractivity contribution >= 4 is 5.97 Å². The summed E-state index contributed by atoms with van der Waals surface area (Å²) in [7, 11) is 0. The fraction of sp³-hybridized carbons (Fsp3) is 0.125. The minimum absolute atomic E-state index is 0.0223. The van der Waals surface area contributed by atoms with E-state index in [9.17, 15) is 18.0 Å². The summed E-state index contributed by atoms with van der Waals surface area (Å²) in [5, 5.41) is 8.66. The van der Waals surface area contributed by atoms with Crippen LogP contribution >= 0.6 is 0 Å². The molecule has 0 unspecified atom stereocenters. The number of carbonyl (C=O) groups excluding carboxylic acids is 1. The molecule has 2 aromatic carbocycles. The number of esters is 1. The lowest BCUT2D eigenvalue weighted by Crippen LogP contribution is -2.08. The van der Waals surface area contributed by atoms with Crippen molar-refractivity contribution in [2.75, 3.05) is 0 Å². The topological polar surface area (TPSA) is 50.1 Å². The zero-order valence-electron chi connectivity index (χ0n) is 11.2. The summed E-state index contributed by atoms with van der Waals surface area (Å²) in [6.45, 7) is -0.0223. The van der Waals surface area contributed by atoms with Crippen LogP contribution in [0.5, 0.6) is 0 Å².